The molecule has 2 unspecified atom stereocenters. The van der Waals surface area contributed by atoms with Crippen molar-refractivity contribution in [2.45, 2.75) is 101 Å². The number of carbonyl (C=O) groups excluding carboxylic acids is 5. The van der Waals surface area contributed by atoms with E-state index in [1.54, 1.807) is 28.2 Å². The second-order valence-corrected chi connectivity index (χ2v) is 24.4. The summed E-state index contributed by atoms with van der Waals surface area (Å²) in [6.07, 6.45) is 7.99. The van der Waals surface area contributed by atoms with Crippen molar-refractivity contribution >= 4 is 87.4 Å². The maximum Gasteiger partial charge on any atom is 0.323 e. The normalized spacial score (nSPS) is 18.5. The molecule has 0 bridgehead atoms. The SMILES string of the molecule is Cc1cc(OCCCC(=O)NCCNC(=O)[C@H](CCC(=O)O)NC(=O)[C@H](CCC(=O)O)NC(=O)CN2CCN(CC(=O)O)CCN(CC(=O)O)CCN(CC(=O)O)CC2)cc(C)c1S(=O)(=O)N[C@@H](CNC(=O)C1=CC2C=NN(CCNC3=NCCCC3)C2C=C1)C(=O)O. The van der Waals surface area contributed by atoms with Gasteiger partial charge in [0.05, 0.1) is 56.1 Å². The molecule has 5 atom stereocenters. The van der Waals surface area contributed by atoms with Gasteiger partial charge in [0, 0.05) is 128 Å². The Morgan fingerprint density at radius 2 is 1.18 bits per heavy atom. The van der Waals surface area contributed by atoms with Gasteiger partial charge in [-0.25, -0.2) is 8.42 Å². The predicted octanol–water partition coefficient (Wildman–Crippen LogP) is -3.33. The fourth-order valence-electron chi connectivity index (χ4n) is 10.6. The van der Waals surface area contributed by atoms with E-state index in [1.807, 2.05) is 11.1 Å². The largest absolute Gasteiger partial charge is 0.494 e. The molecule has 13 N–H and O–H groups in total. The van der Waals surface area contributed by atoms with Gasteiger partial charge in [0.25, 0.3) is 5.91 Å². The minimum absolute atomic E-state index is 0.00407. The van der Waals surface area contributed by atoms with Crippen molar-refractivity contribution in [2.24, 2.45) is 16.0 Å². The molecule has 3 aliphatic heterocycles. The Hall–Kier alpha value is -8.64. The molecular weight excluding hydrogens is 1240 g/mol. The standard InChI is InChI=1S/C58H86N14O20S/c1-37-28-41(29-38(2)54(37)93(90,91)67-44(58(88)89)32-63-55(85)39-8-11-45-40(30-39)31-64-72(45)18-17-60-46-6-3-4-14-59-46)92-27-5-7-47(73)61-15-16-62-56(86)42(9-12-49(75)76)66-57(87)43(10-13-50(77)78)65-48(74)33-68-19-21-69(34-51(79)80)23-25-71(36-53(83)84)26-24-70(22-20-68)35-52(81)82/h8,11,28-31,40,42-45,67H,3-7,9-10,12-27,32-36H2,1-2H3,(H,59,60)(H,61,73)(H,62,86)(H,63,85)(H,65,74)(H,66,87)(H,75,76)(H,77,78)(H,79,80)(H,81,82)(H,83,84)(H,88,89)/t40?,42-,43-,44-,45?/m0/s1. The molecule has 1 saturated heterocycles. The number of amidine groups is 1. The van der Waals surface area contributed by atoms with E-state index in [4.69, 9.17) is 4.74 Å². The molecule has 3 heterocycles. The highest BCUT2D eigenvalue weighted by Crippen LogP contribution is 2.28. The average molecular weight is 1330 g/mol. The molecule has 4 aliphatic rings. The molecule has 0 spiro atoms. The fourth-order valence-corrected chi connectivity index (χ4v) is 12.3. The summed E-state index contributed by atoms with van der Waals surface area (Å²) in [5, 5.41) is 79.8. The number of hydrogen-bond donors (Lipinski definition) is 13. The van der Waals surface area contributed by atoms with Crippen LogP contribution >= 0.6 is 0 Å². The van der Waals surface area contributed by atoms with Gasteiger partial charge in [-0.3, -0.25) is 82.3 Å². The van der Waals surface area contributed by atoms with Crippen LogP contribution in [0.3, 0.4) is 0 Å². The molecule has 0 radical (unpaired) electrons. The second-order valence-electron chi connectivity index (χ2n) is 22.7. The van der Waals surface area contributed by atoms with E-state index < -0.39 is 145 Å². The van der Waals surface area contributed by atoms with Crippen LogP contribution in [-0.2, 0) is 62.8 Å². The number of ether oxygens (including phenoxy) is 1. The van der Waals surface area contributed by atoms with E-state index in [1.165, 1.54) is 35.8 Å². The van der Waals surface area contributed by atoms with Crippen molar-refractivity contribution in [1.29, 1.82) is 0 Å². The number of amides is 5. The first kappa shape index (κ1) is 75.1. The molecule has 0 aromatic heterocycles. The monoisotopic (exact) mass is 1330 g/mol. The fraction of sp³-hybridized carbons (Fsp3) is 0.603. The molecule has 1 aromatic rings. The van der Waals surface area contributed by atoms with Crippen LogP contribution in [0.4, 0.5) is 0 Å². The zero-order valence-corrected chi connectivity index (χ0v) is 52.9. The van der Waals surface area contributed by atoms with E-state index in [0.717, 1.165) is 31.6 Å². The minimum Gasteiger partial charge on any atom is -0.494 e. The van der Waals surface area contributed by atoms with Crippen LogP contribution in [0.25, 0.3) is 0 Å². The van der Waals surface area contributed by atoms with Gasteiger partial charge >= 0.3 is 35.8 Å². The number of carboxylic acid groups (broad SMARTS) is 6. The highest BCUT2D eigenvalue weighted by atomic mass is 32.2. The van der Waals surface area contributed by atoms with Crippen molar-refractivity contribution in [3.8, 4) is 5.75 Å². The molecule has 0 saturated carbocycles. The van der Waals surface area contributed by atoms with E-state index in [0.29, 0.717) is 13.1 Å². The lowest BCUT2D eigenvalue weighted by Crippen LogP contribution is -2.55. The first-order valence-electron chi connectivity index (χ1n) is 30.5. The lowest BCUT2D eigenvalue weighted by molar-refractivity contribution is -0.140. The van der Waals surface area contributed by atoms with Crippen LogP contribution in [0.15, 0.2) is 50.9 Å². The third kappa shape index (κ3) is 26.8. The van der Waals surface area contributed by atoms with Gasteiger partial charge in [-0.1, -0.05) is 18.2 Å². The zero-order chi connectivity index (χ0) is 68.2. The van der Waals surface area contributed by atoms with E-state index in [2.05, 4.69) is 46.7 Å². The molecule has 93 heavy (non-hydrogen) atoms. The number of carboxylic acids is 6. The quantitative estimate of drug-likeness (QED) is 0.0292. The maximum absolute atomic E-state index is 13.7. The number of hydrazone groups is 1. The summed E-state index contributed by atoms with van der Waals surface area (Å²) in [7, 11) is -4.48. The molecule has 5 amide bonds. The number of carbonyl (C=O) groups is 11. The average Bonchev–Trinajstić information content (AvgIpc) is 2.00. The van der Waals surface area contributed by atoms with Crippen molar-refractivity contribution in [3.05, 3.63) is 47.1 Å². The van der Waals surface area contributed by atoms with Gasteiger partial charge in [0.2, 0.25) is 33.7 Å². The number of aliphatic imine (C=N–C) groups is 1. The third-order valence-corrected chi connectivity index (χ3v) is 17.1. The van der Waals surface area contributed by atoms with Crippen LogP contribution in [0.5, 0.6) is 5.75 Å². The zero-order valence-electron chi connectivity index (χ0n) is 52.1. The van der Waals surface area contributed by atoms with Crippen LogP contribution in [-0.4, -0.2) is 290 Å². The molecule has 35 heteroatoms. The number of hydrogen-bond acceptors (Lipinski definition) is 22. The van der Waals surface area contributed by atoms with Gasteiger partial charge < -0.3 is 67.3 Å². The second kappa shape index (κ2) is 37.8. The Bertz CT molecular complexity index is 3030. The molecule has 1 aromatic carbocycles. The van der Waals surface area contributed by atoms with Crippen LogP contribution in [0, 0.1) is 19.8 Å². The Morgan fingerprint density at radius 3 is 1.71 bits per heavy atom. The number of rotatable bonds is 36. The van der Waals surface area contributed by atoms with E-state index in [-0.39, 0.29) is 131 Å². The molecule has 1 aliphatic carbocycles. The summed E-state index contributed by atoms with van der Waals surface area (Å²) in [6, 6.07) is -2.07. The number of sulfonamides is 1. The first-order valence-corrected chi connectivity index (χ1v) is 32.0. The Labute approximate surface area is 537 Å². The van der Waals surface area contributed by atoms with Crippen molar-refractivity contribution in [1.82, 2.24) is 61.2 Å². The van der Waals surface area contributed by atoms with Crippen LogP contribution in [0.1, 0.15) is 68.9 Å². The van der Waals surface area contributed by atoms with E-state index in [9.17, 15) is 91.8 Å². The number of nitrogens with zero attached hydrogens (tertiary/aromatic N) is 7. The Kier molecular flexibility index (Phi) is 30.5. The number of nitrogens with one attached hydrogen (secondary N) is 7. The first-order chi connectivity index (χ1) is 44.1. The molecule has 34 nitrogen and oxygen atoms in total. The lowest BCUT2D eigenvalue weighted by atomic mass is 9.92. The van der Waals surface area contributed by atoms with Gasteiger partial charge in [0.1, 0.15) is 23.9 Å². The van der Waals surface area contributed by atoms with Gasteiger partial charge in [-0.15, -0.1) is 0 Å². The summed E-state index contributed by atoms with van der Waals surface area (Å²) >= 11 is 0. The maximum atomic E-state index is 13.7. The molecule has 5 rings (SSSR count). The summed E-state index contributed by atoms with van der Waals surface area (Å²) in [5.41, 5.74) is 0.694. The molecular formula is C58H86N14O20S. The molecule has 514 valence electrons. The summed E-state index contributed by atoms with van der Waals surface area (Å²) < 4.78 is 35.4. The summed E-state index contributed by atoms with van der Waals surface area (Å²) in [4.78, 5) is 148. The van der Waals surface area contributed by atoms with Crippen LogP contribution in [0.2, 0.25) is 0 Å². The predicted molar refractivity (Wildman–Crippen MR) is 332 cm³/mol. The highest BCUT2D eigenvalue weighted by Gasteiger charge is 2.34. The Morgan fingerprint density at radius 1 is 0.634 bits per heavy atom. The summed E-state index contributed by atoms with van der Waals surface area (Å²) in [5.74, 6) is -10.4. The Balaban J connectivity index is 1.07. The topological polar surface area (TPSA) is 478 Å². The lowest BCUT2D eigenvalue weighted by Gasteiger charge is -2.33. The van der Waals surface area contributed by atoms with Crippen molar-refractivity contribution in [3.63, 3.8) is 0 Å². The number of fused-ring (bicyclic) bond motifs is 1. The molecule has 1 fully saturated rings. The van der Waals surface area contributed by atoms with Gasteiger partial charge in [-0.05, 0) is 69.2 Å². The minimum atomic E-state index is -4.48. The van der Waals surface area contributed by atoms with Crippen molar-refractivity contribution in [2.75, 3.05) is 124 Å². The van der Waals surface area contributed by atoms with Crippen LogP contribution < -0.4 is 41.4 Å². The van der Waals surface area contributed by atoms with Gasteiger partial charge in [0.15, 0.2) is 0 Å². The van der Waals surface area contributed by atoms with Crippen molar-refractivity contribution < 1.29 is 96.5 Å². The smallest absolute Gasteiger partial charge is 0.323 e. The van der Waals surface area contributed by atoms with E-state index >= 15 is 0 Å². The number of aryl methyl sites for hydroxylation is 2. The van der Waals surface area contributed by atoms with Gasteiger partial charge in [-0.2, -0.15) is 9.82 Å². The summed E-state index contributed by atoms with van der Waals surface area (Å²) in [6.45, 7) is 3.19. The number of aliphatic carboxylic acids is 6. The number of benzene rings is 1. The highest BCUT2D eigenvalue weighted by molar-refractivity contribution is 7.89. The third-order valence-electron chi connectivity index (χ3n) is 15.3.